The molecule has 126 valence electrons. The number of carbonyl (C=O) groups excluding carboxylic acids is 3. The lowest BCUT2D eigenvalue weighted by atomic mass is 10.2. The van der Waals surface area contributed by atoms with E-state index in [-0.39, 0.29) is 13.0 Å². The number of methoxy groups -OCH3 is 3. The van der Waals surface area contributed by atoms with E-state index in [1.54, 1.807) is 31.4 Å². The Morgan fingerprint density at radius 1 is 1.04 bits per heavy atom. The van der Waals surface area contributed by atoms with E-state index >= 15 is 0 Å². The SMILES string of the molecule is COC(=O)C[C@H](NC(=O)NCc1ccc(OC)cc1)C(=O)OC. The van der Waals surface area contributed by atoms with Crippen molar-refractivity contribution in [1.29, 1.82) is 0 Å². The molecule has 0 saturated heterocycles. The molecule has 2 amide bonds. The van der Waals surface area contributed by atoms with Gasteiger partial charge in [-0.25, -0.2) is 9.59 Å². The topological polar surface area (TPSA) is 103 Å². The van der Waals surface area contributed by atoms with Gasteiger partial charge in [0.2, 0.25) is 0 Å². The fourth-order valence-corrected chi connectivity index (χ4v) is 1.72. The second-order valence-electron chi connectivity index (χ2n) is 4.53. The summed E-state index contributed by atoms with van der Waals surface area (Å²) in [6, 6.07) is 5.42. The Kier molecular flexibility index (Phi) is 7.38. The summed E-state index contributed by atoms with van der Waals surface area (Å²) < 4.78 is 14.1. The van der Waals surface area contributed by atoms with E-state index in [0.717, 1.165) is 5.56 Å². The Morgan fingerprint density at radius 2 is 1.70 bits per heavy atom. The average molecular weight is 324 g/mol. The first-order chi connectivity index (χ1) is 11.0. The van der Waals surface area contributed by atoms with E-state index < -0.39 is 24.0 Å². The Labute approximate surface area is 134 Å². The van der Waals surface area contributed by atoms with Gasteiger partial charge >= 0.3 is 18.0 Å². The zero-order valence-electron chi connectivity index (χ0n) is 13.3. The van der Waals surface area contributed by atoms with Crippen LogP contribution in [0.5, 0.6) is 5.75 Å². The third-order valence-electron chi connectivity index (χ3n) is 3.00. The summed E-state index contributed by atoms with van der Waals surface area (Å²) >= 11 is 0. The molecule has 0 spiro atoms. The van der Waals surface area contributed by atoms with Crippen LogP contribution in [0.15, 0.2) is 24.3 Å². The molecule has 1 rings (SSSR count). The van der Waals surface area contributed by atoms with Crippen LogP contribution in [0.4, 0.5) is 4.79 Å². The maximum atomic E-state index is 11.8. The largest absolute Gasteiger partial charge is 0.497 e. The van der Waals surface area contributed by atoms with Crippen LogP contribution in [-0.2, 0) is 25.6 Å². The second-order valence-corrected chi connectivity index (χ2v) is 4.53. The van der Waals surface area contributed by atoms with Crippen LogP contribution in [0.1, 0.15) is 12.0 Å². The summed E-state index contributed by atoms with van der Waals surface area (Å²) in [4.78, 5) is 34.6. The molecule has 0 radical (unpaired) electrons. The second kappa shape index (κ2) is 9.29. The summed E-state index contributed by atoms with van der Waals surface area (Å²) in [6.07, 6.45) is -0.306. The standard InChI is InChI=1S/C15H20N2O6/c1-21-11-6-4-10(5-7-11)9-16-15(20)17-12(14(19)23-3)8-13(18)22-2/h4-7,12H,8-9H2,1-3H3,(H2,16,17,20)/t12-/m0/s1. The van der Waals surface area contributed by atoms with Crippen molar-refractivity contribution in [3.05, 3.63) is 29.8 Å². The molecule has 0 unspecified atom stereocenters. The van der Waals surface area contributed by atoms with Crippen molar-refractivity contribution in [2.75, 3.05) is 21.3 Å². The Morgan fingerprint density at radius 3 is 2.22 bits per heavy atom. The van der Waals surface area contributed by atoms with Crippen molar-refractivity contribution in [2.45, 2.75) is 19.0 Å². The lowest BCUT2D eigenvalue weighted by molar-refractivity contribution is -0.149. The van der Waals surface area contributed by atoms with Crippen molar-refractivity contribution >= 4 is 18.0 Å². The Balaban J connectivity index is 2.53. The molecule has 0 bridgehead atoms. The monoisotopic (exact) mass is 324 g/mol. The molecule has 8 heteroatoms. The molecule has 1 aromatic rings. The van der Waals surface area contributed by atoms with E-state index in [1.165, 1.54) is 14.2 Å². The van der Waals surface area contributed by atoms with Crippen LogP contribution >= 0.6 is 0 Å². The van der Waals surface area contributed by atoms with Crippen LogP contribution in [0.25, 0.3) is 0 Å². The lowest BCUT2D eigenvalue weighted by Crippen LogP contribution is -2.47. The number of esters is 2. The highest BCUT2D eigenvalue weighted by molar-refractivity contribution is 5.87. The van der Waals surface area contributed by atoms with Gasteiger partial charge in [-0.3, -0.25) is 4.79 Å². The fourth-order valence-electron chi connectivity index (χ4n) is 1.72. The molecule has 0 heterocycles. The number of amides is 2. The zero-order valence-corrected chi connectivity index (χ0v) is 13.3. The number of urea groups is 1. The van der Waals surface area contributed by atoms with Gasteiger partial charge in [0.25, 0.3) is 0 Å². The molecule has 0 aliphatic rings. The van der Waals surface area contributed by atoms with Crippen molar-refractivity contribution in [3.63, 3.8) is 0 Å². The number of carbonyl (C=O) groups is 3. The number of rotatable bonds is 7. The number of hydrogen-bond acceptors (Lipinski definition) is 6. The van der Waals surface area contributed by atoms with Crippen molar-refractivity contribution in [1.82, 2.24) is 10.6 Å². The maximum absolute atomic E-state index is 11.8. The molecule has 0 fully saturated rings. The third kappa shape index (κ3) is 6.25. The van der Waals surface area contributed by atoms with Crippen molar-refractivity contribution in [3.8, 4) is 5.75 Å². The van der Waals surface area contributed by atoms with Crippen LogP contribution < -0.4 is 15.4 Å². The molecule has 0 aliphatic carbocycles. The predicted octanol–water partition coefficient (Wildman–Crippen LogP) is 0.599. The molecule has 0 saturated carbocycles. The van der Waals surface area contributed by atoms with Crippen LogP contribution in [-0.4, -0.2) is 45.3 Å². The number of nitrogens with one attached hydrogen (secondary N) is 2. The normalized spacial score (nSPS) is 11.1. The zero-order chi connectivity index (χ0) is 17.2. The van der Waals surface area contributed by atoms with Gasteiger partial charge in [-0.2, -0.15) is 0 Å². The van der Waals surface area contributed by atoms with Gasteiger partial charge in [0.15, 0.2) is 0 Å². The maximum Gasteiger partial charge on any atom is 0.329 e. The minimum Gasteiger partial charge on any atom is -0.497 e. The van der Waals surface area contributed by atoms with Gasteiger partial charge < -0.3 is 24.8 Å². The van der Waals surface area contributed by atoms with Crippen LogP contribution in [0.3, 0.4) is 0 Å². The quantitative estimate of drug-likeness (QED) is 0.712. The van der Waals surface area contributed by atoms with E-state index in [1.807, 2.05) is 0 Å². The molecule has 2 N–H and O–H groups in total. The molecule has 0 aliphatic heterocycles. The van der Waals surface area contributed by atoms with Crippen LogP contribution in [0, 0.1) is 0 Å². The summed E-state index contributed by atoms with van der Waals surface area (Å²) in [7, 11) is 3.93. The first-order valence-electron chi connectivity index (χ1n) is 6.82. The van der Waals surface area contributed by atoms with Gasteiger partial charge in [-0.15, -0.1) is 0 Å². The molecule has 0 aromatic heterocycles. The summed E-state index contributed by atoms with van der Waals surface area (Å²) in [5.74, 6) is -0.645. The lowest BCUT2D eigenvalue weighted by Gasteiger charge is -2.16. The van der Waals surface area contributed by atoms with Gasteiger partial charge in [-0.05, 0) is 17.7 Å². The average Bonchev–Trinajstić information content (AvgIpc) is 2.58. The highest BCUT2D eigenvalue weighted by Crippen LogP contribution is 2.10. The van der Waals surface area contributed by atoms with E-state index in [0.29, 0.717) is 5.75 Å². The van der Waals surface area contributed by atoms with E-state index in [2.05, 4.69) is 20.1 Å². The number of ether oxygens (including phenoxy) is 3. The van der Waals surface area contributed by atoms with Gasteiger partial charge in [0.05, 0.1) is 27.8 Å². The predicted molar refractivity (Wildman–Crippen MR) is 80.8 cm³/mol. The number of hydrogen-bond donors (Lipinski definition) is 2. The van der Waals surface area contributed by atoms with E-state index in [9.17, 15) is 14.4 Å². The first kappa shape index (κ1) is 18.3. The molecule has 1 atom stereocenters. The highest BCUT2D eigenvalue weighted by Gasteiger charge is 2.24. The summed E-state index contributed by atoms with van der Waals surface area (Å²) in [6.45, 7) is 0.252. The van der Waals surface area contributed by atoms with Crippen molar-refractivity contribution in [2.24, 2.45) is 0 Å². The highest BCUT2D eigenvalue weighted by atomic mass is 16.5. The molecule has 1 aromatic carbocycles. The first-order valence-corrected chi connectivity index (χ1v) is 6.82. The minimum absolute atomic E-state index is 0.252. The number of benzene rings is 1. The fraction of sp³-hybridized carbons (Fsp3) is 0.400. The van der Waals surface area contributed by atoms with Crippen LogP contribution in [0.2, 0.25) is 0 Å². The Hall–Kier alpha value is -2.77. The van der Waals surface area contributed by atoms with E-state index in [4.69, 9.17) is 4.74 Å². The summed E-state index contributed by atoms with van der Waals surface area (Å²) in [5, 5.41) is 4.96. The summed E-state index contributed by atoms with van der Waals surface area (Å²) in [5.41, 5.74) is 0.850. The molecular formula is C15H20N2O6. The van der Waals surface area contributed by atoms with Gasteiger partial charge in [0.1, 0.15) is 11.8 Å². The smallest absolute Gasteiger partial charge is 0.329 e. The third-order valence-corrected chi connectivity index (χ3v) is 3.00. The molecule has 8 nitrogen and oxygen atoms in total. The van der Waals surface area contributed by atoms with Gasteiger partial charge in [0, 0.05) is 6.54 Å². The molecular weight excluding hydrogens is 304 g/mol. The molecule has 23 heavy (non-hydrogen) atoms. The van der Waals surface area contributed by atoms with Crippen molar-refractivity contribution < 1.29 is 28.6 Å². The Bertz CT molecular complexity index is 543. The minimum atomic E-state index is -1.11. The van der Waals surface area contributed by atoms with Gasteiger partial charge in [-0.1, -0.05) is 12.1 Å².